The van der Waals surface area contributed by atoms with Crippen molar-refractivity contribution in [3.8, 4) is 11.8 Å². The van der Waals surface area contributed by atoms with Gasteiger partial charge in [-0.15, -0.1) is 0 Å². The first-order valence-electron chi connectivity index (χ1n) is 4.12. The van der Waals surface area contributed by atoms with Crippen molar-refractivity contribution < 1.29 is 0 Å². The summed E-state index contributed by atoms with van der Waals surface area (Å²) in [6.07, 6.45) is 0. The maximum absolute atomic E-state index is 11.2. The lowest BCUT2D eigenvalue weighted by Gasteiger charge is -1.97. The van der Waals surface area contributed by atoms with Crippen LogP contribution >= 0.6 is 0 Å². The lowest BCUT2D eigenvalue weighted by molar-refractivity contribution is 0.951. The number of nitrogens with one attached hydrogen (secondary N) is 2. The molecule has 0 saturated heterocycles. The Kier molecular flexibility index (Phi) is 1.99. The highest BCUT2D eigenvalue weighted by Gasteiger charge is 2.04. The van der Waals surface area contributed by atoms with Crippen LogP contribution in [-0.4, -0.2) is 14.8 Å². The summed E-state index contributed by atoms with van der Waals surface area (Å²) < 4.78 is 0.946. The minimum Gasteiger partial charge on any atom is -0.247 e. The van der Waals surface area contributed by atoms with Gasteiger partial charge in [0.1, 0.15) is 0 Å². The Bertz CT molecular complexity index is 596. The SMILES string of the molecule is N#Cc1ccc(-n2c(=O)[nH][nH]c2=O)cc1. The number of aromatic nitrogens is 3. The van der Waals surface area contributed by atoms with Gasteiger partial charge in [0, 0.05) is 0 Å². The Morgan fingerprint density at radius 3 is 2.07 bits per heavy atom. The Morgan fingerprint density at radius 2 is 1.60 bits per heavy atom. The van der Waals surface area contributed by atoms with Gasteiger partial charge >= 0.3 is 11.4 Å². The Labute approximate surface area is 83.4 Å². The molecule has 2 rings (SSSR count). The van der Waals surface area contributed by atoms with Gasteiger partial charge in [-0.05, 0) is 24.3 Å². The Morgan fingerprint density at radius 1 is 1.07 bits per heavy atom. The molecule has 1 aromatic carbocycles. The Hall–Kier alpha value is -2.55. The minimum absolute atomic E-state index is 0.418. The first-order chi connectivity index (χ1) is 7.22. The number of nitrogens with zero attached hydrogens (tertiary/aromatic N) is 2. The van der Waals surface area contributed by atoms with Crippen LogP contribution in [-0.2, 0) is 0 Å². The van der Waals surface area contributed by atoms with Gasteiger partial charge in [-0.2, -0.15) is 5.26 Å². The number of hydrogen-bond donors (Lipinski definition) is 2. The fourth-order valence-electron chi connectivity index (χ4n) is 1.23. The van der Waals surface area contributed by atoms with Crippen molar-refractivity contribution in [3.05, 3.63) is 50.8 Å². The van der Waals surface area contributed by atoms with E-state index in [9.17, 15) is 9.59 Å². The van der Waals surface area contributed by atoms with Gasteiger partial charge in [0.25, 0.3) is 0 Å². The van der Waals surface area contributed by atoms with E-state index in [0.29, 0.717) is 11.3 Å². The molecule has 1 aromatic heterocycles. The van der Waals surface area contributed by atoms with Crippen LogP contribution in [0.3, 0.4) is 0 Å². The minimum atomic E-state index is -0.537. The number of hydrogen-bond acceptors (Lipinski definition) is 3. The number of H-pyrrole nitrogens is 2. The highest BCUT2D eigenvalue weighted by Crippen LogP contribution is 2.04. The largest absolute Gasteiger partial charge is 0.348 e. The van der Waals surface area contributed by atoms with Crippen molar-refractivity contribution in [2.24, 2.45) is 0 Å². The first-order valence-corrected chi connectivity index (χ1v) is 4.12. The fourth-order valence-corrected chi connectivity index (χ4v) is 1.23. The van der Waals surface area contributed by atoms with Crippen LogP contribution in [0.1, 0.15) is 5.56 Å². The smallest absolute Gasteiger partial charge is 0.247 e. The lowest BCUT2D eigenvalue weighted by Crippen LogP contribution is -2.24. The second-order valence-corrected chi connectivity index (χ2v) is 2.85. The molecule has 0 fully saturated rings. The van der Waals surface area contributed by atoms with Crippen LogP contribution in [0.15, 0.2) is 33.9 Å². The van der Waals surface area contributed by atoms with Crippen molar-refractivity contribution in [2.45, 2.75) is 0 Å². The monoisotopic (exact) mass is 202 g/mol. The molecule has 1 heterocycles. The third kappa shape index (κ3) is 1.46. The molecule has 0 amide bonds. The van der Waals surface area contributed by atoms with Crippen molar-refractivity contribution in [2.75, 3.05) is 0 Å². The van der Waals surface area contributed by atoms with Gasteiger partial charge in [0.15, 0.2) is 0 Å². The number of aromatic amines is 2. The quantitative estimate of drug-likeness (QED) is 0.666. The van der Waals surface area contributed by atoms with Crippen molar-refractivity contribution in [1.29, 1.82) is 5.26 Å². The second-order valence-electron chi connectivity index (χ2n) is 2.85. The van der Waals surface area contributed by atoms with Crippen LogP contribution in [0.5, 0.6) is 0 Å². The van der Waals surface area contributed by atoms with Gasteiger partial charge < -0.3 is 0 Å². The molecule has 6 heteroatoms. The number of benzene rings is 1. The third-order valence-electron chi connectivity index (χ3n) is 1.94. The molecule has 0 atom stereocenters. The summed E-state index contributed by atoms with van der Waals surface area (Å²) in [7, 11) is 0. The summed E-state index contributed by atoms with van der Waals surface area (Å²) >= 11 is 0. The van der Waals surface area contributed by atoms with E-state index in [2.05, 4.69) is 10.2 Å². The van der Waals surface area contributed by atoms with Crippen LogP contribution in [0.25, 0.3) is 5.69 Å². The molecule has 0 bridgehead atoms. The maximum atomic E-state index is 11.2. The molecule has 0 radical (unpaired) electrons. The van der Waals surface area contributed by atoms with E-state index in [1.54, 1.807) is 0 Å². The molecular formula is C9H6N4O2. The summed E-state index contributed by atoms with van der Waals surface area (Å²) in [5, 5.41) is 12.9. The van der Waals surface area contributed by atoms with Gasteiger partial charge in [-0.1, -0.05) is 0 Å². The van der Waals surface area contributed by atoms with E-state index in [4.69, 9.17) is 5.26 Å². The van der Waals surface area contributed by atoms with Crippen molar-refractivity contribution in [1.82, 2.24) is 14.8 Å². The predicted octanol–water partition coefficient (Wildman–Crippen LogP) is -0.274. The van der Waals surface area contributed by atoms with E-state index in [-0.39, 0.29) is 0 Å². The zero-order valence-electron chi connectivity index (χ0n) is 7.52. The molecule has 6 nitrogen and oxygen atoms in total. The van der Waals surface area contributed by atoms with Crippen LogP contribution in [0, 0.1) is 11.3 Å². The molecular weight excluding hydrogens is 196 g/mol. The van der Waals surface area contributed by atoms with E-state index < -0.39 is 11.4 Å². The molecule has 0 unspecified atom stereocenters. The standard InChI is InChI=1S/C9H6N4O2/c10-5-6-1-3-7(4-2-6)13-8(14)11-12-9(13)15/h1-4H,(H,11,14)(H,12,15). The Balaban J connectivity index is 2.61. The van der Waals surface area contributed by atoms with Crippen LogP contribution in [0.2, 0.25) is 0 Å². The zero-order valence-corrected chi connectivity index (χ0v) is 7.52. The lowest BCUT2D eigenvalue weighted by atomic mass is 10.2. The van der Waals surface area contributed by atoms with Crippen LogP contribution in [0.4, 0.5) is 0 Å². The molecule has 2 aromatic rings. The summed E-state index contributed by atoms with van der Waals surface area (Å²) in [6.45, 7) is 0. The third-order valence-corrected chi connectivity index (χ3v) is 1.94. The molecule has 0 saturated carbocycles. The van der Waals surface area contributed by atoms with Gasteiger partial charge in [0.05, 0.1) is 17.3 Å². The molecule has 0 aliphatic rings. The number of rotatable bonds is 1. The van der Waals surface area contributed by atoms with Gasteiger partial charge in [-0.25, -0.2) is 24.4 Å². The first kappa shape index (κ1) is 9.02. The van der Waals surface area contributed by atoms with Gasteiger partial charge in [0.2, 0.25) is 0 Å². The summed E-state index contributed by atoms with van der Waals surface area (Å²) in [6, 6.07) is 8.08. The van der Waals surface area contributed by atoms with E-state index in [0.717, 1.165) is 4.57 Å². The second kappa shape index (κ2) is 3.31. The summed E-state index contributed by atoms with van der Waals surface area (Å²) in [4.78, 5) is 22.4. The van der Waals surface area contributed by atoms with E-state index in [1.165, 1.54) is 24.3 Å². The molecule has 0 spiro atoms. The molecule has 15 heavy (non-hydrogen) atoms. The fraction of sp³-hybridized carbons (Fsp3) is 0. The summed E-state index contributed by atoms with van der Waals surface area (Å²) in [5.41, 5.74) is -0.185. The zero-order chi connectivity index (χ0) is 10.8. The topological polar surface area (TPSA) is 94.4 Å². The van der Waals surface area contributed by atoms with Crippen molar-refractivity contribution >= 4 is 0 Å². The highest BCUT2D eigenvalue weighted by molar-refractivity contribution is 5.38. The van der Waals surface area contributed by atoms with Crippen LogP contribution < -0.4 is 11.4 Å². The molecule has 0 aliphatic carbocycles. The summed E-state index contributed by atoms with van der Waals surface area (Å²) in [5.74, 6) is 0. The molecule has 74 valence electrons. The van der Waals surface area contributed by atoms with E-state index in [1.807, 2.05) is 6.07 Å². The average molecular weight is 202 g/mol. The highest BCUT2D eigenvalue weighted by atomic mass is 16.2. The normalized spacial score (nSPS) is 9.80. The van der Waals surface area contributed by atoms with Gasteiger partial charge in [-0.3, -0.25) is 0 Å². The maximum Gasteiger partial charge on any atom is 0.348 e. The molecule has 0 aliphatic heterocycles. The predicted molar refractivity (Wildman–Crippen MR) is 51.7 cm³/mol. The van der Waals surface area contributed by atoms with Crippen molar-refractivity contribution in [3.63, 3.8) is 0 Å². The average Bonchev–Trinajstić information content (AvgIpc) is 2.59. The molecule has 2 N–H and O–H groups in total. The number of nitriles is 1. The van der Waals surface area contributed by atoms with E-state index >= 15 is 0 Å².